The van der Waals surface area contributed by atoms with Crippen molar-refractivity contribution < 1.29 is 0 Å². The summed E-state index contributed by atoms with van der Waals surface area (Å²) in [7, 11) is 2.04. The number of aryl methyl sites for hydroxylation is 3. The molecule has 0 saturated carbocycles. The van der Waals surface area contributed by atoms with Crippen molar-refractivity contribution in [2.24, 2.45) is 12.8 Å². The average molecular weight is 269 g/mol. The summed E-state index contributed by atoms with van der Waals surface area (Å²) in [5, 5.41) is 4.50. The molecule has 104 valence electrons. The monoisotopic (exact) mass is 269 g/mol. The molecular formula is C15H19N5. The molecule has 0 aliphatic rings. The highest BCUT2D eigenvalue weighted by Gasteiger charge is 2.16. The first kappa shape index (κ1) is 12.9. The lowest BCUT2D eigenvalue weighted by molar-refractivity contribution is 0.655. The molecule has 0 bridgehead atoms. The Morgan fingerprint density at radius 3 is 2.80 bits per heavy atom. The Labute approximate surface area is 118 Å². The fourth-order valence-electron chi connectivity index (χ4n) is 2.63. The zero-order valence-corrected chi connectivity index (χ0v) is 12.1. The van der Waals surface area contributed by atoms with E-state index in [0.29, 0.717) is 6.54 Å². The van der Waals surface area contributed by atoms with E-state index in [1.807, 2.05) is 30.8 Å². The first-order valence-corrected chi connectivity index (χ1v) is 6.85. The van der Waals surface area contributed by atoms with Gasteiger partial charge in [-0.15, -0.1) is 0 Å². The zero-order valence-electron chi connectivity index (χ0n) is 12.1. The van der Waals surface area contributed by atoms with Gasteiger partial charge in [-0.1, -0.05) is 12.1 Å². The van der Waals surface area contributed by atoms with Crippen molar-refractivity contribution in [3.05, 3.63) is 35.5 Å². The fraction of sp³-hybridized carbons (Fsp3) is 0.333. The van der Waals surface area contributed by atoms with Crippen molar-refractivity contribution >= 4 is 11.0 Å². The molecule has 0 atom stereocenters. The molecule has 0 aliphatic heterocycles. The largest absolute Gasteiger partial charge is 0.326 e. The van der Waals surface area contributed by atoms with Gasteiger partial charge in [-0.25, -0.2) is 4.98 Å². The van der Waals surface area contributed by atoms with Gasteiger partial charge in [0.1, 0.15) is 5.69 Å². The number of rotatable bonds is 3. The second-order valence-corrected chi connectivity index (χ2v) is 4.97. The van der Waals surface area contributed by atoms with Crippen LogP contribution in [0.2, 0.25) is 0 Å². The Hall–Kier alpha value is -2.14. The van der Waals surface area contributed by atoms with Crippen LogP contribution in [0.5, 0.6) is 0 Å². The molecular weight excluding hydrogens is 250 g/mol. The lowest BCUT2D eigenvalue weighted by atomic mass is 10.2. The quantitative estimate of drug-likeness (QED) is 0.793. The molecule has 20 heavy (non-hydrogen) atoms. The highest BCUT2D eigenvalue weighted by molar-refractivity contribution is 5.83. The van der Waals surface area contributed by atoms with Crippen molar-refractivity contribution in [1.82, 2.24) is 19.3 Å². The third kappa shape index (κ3) is 1.82. The molecule has 2 aromatic heterocycles. The molecule has 5 nitrogen and oxygen atoms in total. The second kappa shape index (κ2) is 4.76. The zero-order chi connectivity index (χ0) is 14.3. The van der Waals surface area contributed by atoms with Gasteiger partial charge in [0.2, 0.25) is 0 Å². The topological polar surface area (TPSA) is 61.7 Å². The summed E-state index contributed by atoms with van der Waals surface area (Å²) < 4.78 is 4.09. The summed E-state index contributed by atoms with van der Waals surface area (Å²) in [6.07, 6.45) is 0. The van der Waals surface area contributed by atoms with Gasteiger partial charge in [0.25, 0.3) is 0 Å². The van der Waals surface area contributed by atoms with Crippen molar-refractivity contribution in [3.63, 3.8) is 0 Å². The number of para-hydroxylation sites is 1. The van der Waals surface area contributed by atoms with Crippen LogP contribution in [-0.4, -0.2) is 19.3 Å². The second-order valence-electron chi connectivity index (χ2n) is 4.97. The maximum absolute atomic E-state index is 5.81. The highest BCUT2D eigenvalue weighted by Crippen LogP contribution is 2.26. The van der Waals surface area contributed by atoms with E-state index in [4.69, 9.17) is 10.7 Å². The molecule has 2 N–H and O–H groups in total. The highest BCUT2D eigenvalue weighted by atomic mass is 15.3. The Morgan fingerprint density at radius 1 is 1.30 bits per heavy atom. The maximum atomic E-state index is 5.81. The number of nitrogens with two attached hydrogens (primary N) is 1. The molecule has 0 amide bonds. The third-order valence-corrected chi connectivity index (χ3v) is 3.65. The predicted molar refractivity (Wildman–Crippen MR) is 80.2 cm³/mol. The molecule has 0 spiro atoms. The number of aromatic nitrogens is 4. The number of hydrogen-bond acceptors (Lipinski definition) is 3. The van der Waals surface area contributed by atoms with E-state index in [9.17, 15) is 0 Å². The van der Waals surface area contributed by atoms with Crippen LogP contribution in [-0.2, 0) is 20.1 Å². The van der Waals surface area contributed by atoms with Gasteiger partial charge >= 0.3 is 0 Å². The van der Waals surface area contributed by atoms with Crippen molar-refractivity contribution in [1.29, 1.82) is 0 Å². The van der Waals surface area contributed by atoms with E-state index in [1.165, 1.54) is 0 Å². The smallest absolute Gasteiger partial charge is 0.159 e. The number of hydrogen-bond donors (Lipinski definition) is 1. The normalized spacial score (nSPS) is 11.4. The van der Waals surface area contributed by atoms with Crippen LogP contribution in [0.3, 0.4) is 0 Å². The van der Waals surface area contributed by atoms with E-state index >= 15 is 0 Å². The first-order chi connectivity index (χ1) is 9.65. The molecule has 0 fully saturated rings. The predicted octanol–water partition coefficient (Wildman–Crippen LogP) is 2.22. The van der Waals surface area contributed by atoms with Gasteiger partial charge in [0, 0.05) is 20.1 Å². The average Bonchev–Trinajstić information content (AvgIpc) is 2.99. The van der Waals surface area contributed by atoms with E-state index in [2.05, 4.69) is 28.7 Å². The van der Waals surface area contributed by atoms with Gasteiger partial charge in [-0.3, -0.25) is 4.68 Å². The molecule has 5 heteroatoms. The maximum Gasteiger partial charge on any atom is 0.159 e. The van der Waals surface area contributed by atoms with Crippen molar-refractivity contribution in [2.45, 2.75) is 26.9 Å². The van der Waals surface area contributed by atoms with Crippen LogP contribution in [0.15, 0.2) is 24.3 Å². The molecule has 0 aliphatic carbocycles. The van der Waals surface area contributed by atoms with Gasteiger partial charge in [-0.05, 0) is 31.5 Å². The summed E-state index contributed by atoms with van der Waals surface area (Å²) in [6, 6.07) is 8.21. The van der Waals surface area contributed by atoms with Gasteiger partial charge in [-0.2, -0.15) is 5.10 Å². The van der Waals surface area contributed by atoms with Crippen molar-refractivity contribution in [2.75, 3.05) is 0 Å². The number of nitrogens with zero attached hydrogens (tertiary/aromatic N) is 4. The lowest BCUT2D eigenvalue weighted by Crippen LogP contribution is -2.02. The molecule has 1 aromatic carbocycles. The van der Waals surface area contributed by atoms with Crippen LogP contribution in [0, 0.1) is 6.92 Å². The van der Waals surface area contributed by atoms with E-state index in [-0.39, 0.29) is 0 Å². The Morgan fingerprint density at radius 2 is 2.10 bits per heavy atom. The van der Waals surface area contributed by atoms with E-state index in [0.717, 1.165) is 40.4 Å². The van der Waals surface area contributed by atoms with Crippen LogP contribution in [0.1, 0.15) is 18.2 Å². The molecule has 0 unspecified atom stereocenters. The molecule has 2 heterocycles. The van der Waals surface area contributed by atoms with Crippen LogP contribution < -0.4 is 5.73 Å². The summed E-state index contributed by atoms with van der Waals surface area (Å²) in [5.74, 6) is 0.934. The number of imidazole rings is 1. The lowest BCUT2D eigenvalue weighted by Gasteiger charge is -2.04. The summed E-state index contributed by atoms with van der Waals surface area (Å²) in [5.41, 5.74) is 11.0. The first-order valence-electron chi connectivity index (χ1n) is 6.85. The minimum atomic E-state index is 0.500. The van der Waals surface area contributed by atoms with Crippen molar-refractivity contribution in [3.8, 4) is 11.5 Å². The minimum Gasteiger partial charge on any atom is -0.326 e. The van der Waals surface area contributed by atoms with Crippen LogP contribution in [0.4, 0.5) is 0 Å². The third-order valence-electron chi connectivity index (χ3n) is 3.65. The summed E-state index contributed by atoms with van der Waals surface area (Å²) in [4.78, 5) is 4.80. The standard InChI is InChI=1S/C15H19N5/c1-4-20-13(8-10(2)18-20)15-17-14-11(9-16)6-5-7-12(14)19(15)3/h5-8H,4,9,16H2,1-3H3. The number of fused-ring (bicyclic) bond motifs is 1. The number of benzene rings is 1. The van der Waals surface area contributed by atoms with Gasteiger partial charge in [0.15, 0.2) is 5.82 Å². The summed E-state index contributed by atoms with van der Waals surface area (Å²) in [6.45, 7) is 5.42. The van der Waals surface area contributed by atoms with Crippen LogP contribution >= 0.6 is 0 Å². The van der Waals surface area contributed by atoms with E-state index in [1.54, 1.807) is 0 Å². The molecule has 3 aromatic rings. The molecule has 3 rings (SSSR count). The van der Waals surface area contributed by atoms with Gasteiger partial charge < -0.3 is 10.3 Å². The van der Waals surface area contributed by atoms with E-state index < -0.39 is 0 Å². The Kier molecular flexibility index (Phi) is 3.06. The fourth-order valence-corrected chi connectivity index (χ4v) is 2.63. The summed E-state index contributed by atoms with van der Waals surface area (Å²) >= 11 is 0. The van der Waals surface area contributed by atoms with Crippen LogP contribution in [0.25, 0.3) is 22.6 Å². The Bertz CT molecular complexity index is 766. The Balaban J connectivity index is 2.29. The minimum absolute atomic E-state index is 0.500. The SMILES string of the molecule is CCn1nc(C)cc1-c1nc2c(CN)cccc2n1C. The molecule has 0 radical (unpaired) electrons. The van der Waals surface area contributed by atoms with Gasteiger partial charge in [0.05, 0.1) is 16.7 Å². The molecule has 0 saturated heterocycles.